The van der Waals surface area contributed by atoms with Crippen LogP contribution in [0.4, 0.5) is 0 Å². The maximum Gasteiger partial charge on any atom is 0.325 e. The molecule has 0 aromatic carbocycles. The number of carboxylic acids is 1. The van der Waals surface area contributed by atoms with E-state index in [1.807, 2.05) is 0 Å². The third-order valence-corrected chi connectivity index (χ3v) is 3.73. The largest absolute Gasteiger partial charge is 0.480 e. The van der Waals surface area contributed by atoms with Crippen LogP contribution in [0.1, 0.15) is 20.3 Å². The molecule has 12 nitrogen and oxygen atoms in total. The molecule has 27 heavy (non-hydrogen) atoms. The van der Waals surface area contributed by atoms with Crippen molar-refractivity contribution < 1.29 is 34.2 Å². The van der Waals surface area contributed by atoms with Crippen molar-refractivity contribution in [1.82, 2.24) is 16.0 Å². The Morgan fingerprint density at radius 2 is 1.56 bits per heavy atom. The molecule has 0 bridgehead atoms. The van der Waals surface area contributed by atoms with Crippen molar-refractivity contribution in [2.45, 2.75) is 50.5 Å². The first-order chi connectivity index (χ1) is 12.4. The summed E-state index contributed by atoms with van der Waals surface area (Å²) in [7, 11) is 0. The summed E-state index contributed by atoms with van der Waals surface area (Å²) in [6.45, 7) is 2.45. The lowest BCUT2D eigenvalue weighted by Crippen LogP contribution is -2.60. The van der Waals surface area contributed by atoms with Crippen LogP contribution in [0.3, 0.4) is 0 Å². The number of carbonyl (C=O) groups is 5. The van der Waals surface area contributed by atoms with Crippen molar-refractivity contribution >= 4 is 42.2 Å². The van der Waals surface area contributed by atoms with Crippen molar-refractivity contribution in [3.05, 3.63) is 0 Å². The Hall–Kier alpha value is -2.38. The summed E-state index contributed by atoms with van der Waals surface area (Å²) in [4.78, 5) is 57.8. The highest BCUT2D eigenvalue weighted by Crippen LogP contribution is 1.99. The molecule has 154 valence electrons. The highest BCUT2D eigenvalue weighted by Gasteiger charge is 2.31. The Balaban J connectivity index is 5.04. The van der Waals surface area contributed by atoms with E-state index in [1.54, 1.807) is 0 Å². The second-order valence-corrected chi connectivity index (χ2v) is 6.18. The summed E-state index contributed by atoms with van der Waals surface area (Å²) in [5, 5.41) is 25.1. The second kappa shape index (κ2) is 11.4. The number of nitrogens with one attached hydrogen (secondary N) is 3. The molecule has 0 saturated heterocycles. The molecule has 5 unspecified atom stereocenters. The first-order valence-electron chi connectivity index (χ1n) is 7.87. The van der Waals surface area contributed by atoms with Crippen molar-refractivity contribution in [3.63, 3.8) is 0 Å². The van der Waals surface area contributed by atoms with Crippen LogP contribution < -0.4 is 27.4 Å². The zero-order valence-corrected chi connectivity index (χ0v) is 15.7. The quantitative estimate of drug-likeness (QED) is 0.158. The first kappa shape index (κ1) is 24.6. The number of nitrogens with two attached hydrogens (primary N) is 2. The van der Waals surface area contributed by atoms with Gasteiger partial charge >= 0.3 is 5.97 Å². The number of thiol groups is 1. The van der Waals surface area contributed by atoms with E-state index in [2.05, 4.69) is 28.6 Å². The van der Waals surface area contributed by atoms with Gasteiger partial charge in [0.1, 0.15) is 18.1 Å². The van der Waals surface area contributed by atoms with Crippen LogP contribution in [-0.2, 0) is 24.0 Å². The van der Waals surface area contributed by atoms with Crippen molar-refractivity contribution in [2.24, 2.45) is 11.5 Å². The molecule has 9 N–H and O–H groups in total. The van der Waals surface area contributed by atoms with Gasteiger partial charge in [-0.2, -0.15) is 12.6 Å². The number of aliphatic hydroxyl groups excluding tert-OH is 1. The van der Waals surface area contributed by atoms with Gasteiger partial charge in [-0.3, -0.25) is 24.0 Å². The molecule has 0 aliphatic rings. The molecule has 0 aliphatic heterocycles. The predicted molar refractivity (Wildman–Crippen MR) is 96.4 cm³/mol. The van der Waals surface area contributed by atoms with Gasteiger partial charge in [-0.25, -0.2) is 0 Å². The van der Waals surface area contributed by atoms with Crippen molar-refractivity contribution in [1.29, 1.82) is 0 Å². The average molecular weight is 407 g/mol. The highest BCUT2D eigenvalue weighted by atomic mass is 32.1. The van der Waals surface area contributed by atoms with Crippen molar-refractivity contribution in [3.8, 4) is 0 Å². The number of primary amides is 1. The fraction of sp³-hybridized carbons (Fsp3) is 0.643. The molecule has 0 fully saturated rings. The Labute approximate surface area is 160 Å². The van der Waals surface area contributed by atoms with E-state index >= 15 is 0 Å². The molecule has 0 saturated carbocycles. The molecule has 13 heteroatoms. The normalized spacial score (nSPS) is 16.2. The van der Waals surface area contributed by atoms with Crippen LogP contribution in [0.15, 0.2) is 0 Å². The number of hydrogen-bond donors (Lipinski definition) is 8. The SMILES string of the molecule is CC(NC(=O)C(CS)NC(=O)C(NC(=O)C(N)CC(N)=O)C(C)O)C(=O)O. The third kappa shape index (κ3) is 8.70. The average Bonchev–Trinajstić information content (AvgIpc) is 2.55. The Morgan fingerprint density at radius 1 is 1.00 bits per heavy atom. The molecule has 0 radical (unpaired) electrons. The van der Waals surface area contributed by atoms with E-state index in [4.69, 9.17) is 16.6 Å². The van der Waals surface area contributed by atoms with E-state index in [-0.39, 0.29) is 5.75 Å². The van der Waals surface area contributed by atoms with Gasteiger partial charge in [0, 0.05) is 5.75 Å². The smallest absolute Gasteiger partial charge is 0.325 e. The zero-order chi connectivity index (χ0) is 21.3. The first-order valence-corrected chi connectivity index (χ1v) is 8.50. The molecule has 0 rings (SSSR count). The summed E-state index contributed by atoms with van der Waals surface area (Å²) in [5.74, 6) is -4.91. The standard InChI is InChI=1S/C14H25N5O7S/c1-5(14(25)26)17-12(23)8(4-27)18-13(24)10(6(2)20)19-11(22)7(15)3-9(16)21/h5-8,10,20,27H,3-4,15H2,1-2H3,(H2,16,21)(H,17,23)(H,18,24)(H,19,22)(H,25,26). The highest BCUT2D eigenvalue weighted by molar-refractivity contribution is 7.80. The third-order valence-electron chi connectivity index (χ3n) is 3.37. The van der Waals surface area contributed by atoms with Gasteiger partial charge in [0.05, 0.1) is 18.6 Å². The van der Waals surface area contributed by atoms with Gasteiger partial charge in [-0.05, 0) is 13.8 Å². The van der Waals surface area contributed by atoms with E-state index in [9.17, 15) is 29.1 Å². The van der Waals surface area contributed by atoms with Gasteiger partial charge in [-0.15, -0.1) is 0 Å². The summed E-state index contributed by atoms with van der Waals surface area (Å²) in [5.41, 5.74) is 10.4. The van der Waals surface area contributed by atoms with Crippen LogP contribution in [0, 0.1) is 0 Å². The summed E-state index contributed by atoms with van der Waals surface area (Å²) < 4.78 is 0. The van der Waals surface area contributed by atoms with E-state index in [0.29, 0.717) is 0 Å². The van der Waals surface area contributed by atoms with E-state index in [1.165, 1.54) is 13.8 Å². The van der Waals surface area contributed by atoms with Crippen LogP contribution in [0.25, 0.3) is 0 Å². The minimum absolute atomic E-state index is 0.175. The minimum atomic E-state index is -1.48. The summed E-state index contributed by atoms with van der Waals surface area (Å²) in [6, 6.07) is -5.23. The lowest BCUT2D eigenvalue weighted by Gasteiger charge is -2.25. The maximum absolute atomic E-state index is 12.3. The number of rotatable bonds is 11. The van der Waals surface area contributed by atoms with Gasteiger partial charge in [-0.1, -0.05) is 0 Å². The van der Waals surface area contributed by atoms with Crippen molar-refractivity contribution in [2.75, 3.05) is 5.75 Å². The maximum atomic E-state index is 12.3. The van der Waals surface area contributed by atoms with Crippen LogP contribution in [-0.4, -0.2) is 75.8 Å². The molecule has 4 amide bonds. The van der Waals surface area contributed by atoms with Gasteiger partial charge in [0.25, 0.3) is 0 Å². The molecular formula is C14H25N5O7S. The number of amides is 4. The molecule has 0 heterocycles. The Bertz CT molecular complexity index is 586. The number of aliphatic carboxylic acids is 1. The lowest BCUT2D eigenvalue weighted by atomic mass is 10.1. The fourth-order valence-electron chi connectivity index (χ4n) is 1.81. The molecular weight excluding hydrogens is 382 g/mol. The van der Waals surface area contributed by atoms with Gasteiger partial charge in [0.2, 0.25) is 23.6 Å². The second-order valence-electron chi connectivity index (χ2n) is 5.82. The van der Waals surface area contributed by atoms with E-state index < -0.39 is 66.3 Å². The zero-order valence-electron chi connectivity index (χ0n) is 14.8. The predicted octanol–water partition coefficient (Wildman–Crippen LogP) is -3.94. The topological polar surface area (TPSA) is 214 Å². The summed E-state index contributed by atoms with van der Waals surface area (Å²) >= 11 is 3.92. The van der Waals surface area contributed by atoms with Crippen LogP contribution in [0.2, 0.25) is 0 Å². The number of hydrogen-bond acceptors (Lipinski definition) is 8. The molecule has 0 aromatic heterocycles. The lowest BCUT2D eigenvalue weighted by molar-refractivity contribution is -0.141. The molecule has 5 atom stereocenters. The number of carboxylic acid groups (broad SMARTS) is 1. The number of carbonyl (C=O) groups excluding carboxylic acids is 4. The van der Waals surface area contributed by atoms with Crippen LogP contribution in [0.5, 0.6) is 0 Å². The molecule has 0 aromatic rings. The van der Waals surface area contributed by atoms with Gasteiger partial charge < -0.3 is 37.6 Å². The Kier molecular flexibility index (Phi) is 10.4. The Morgan fingerprint density at radius 3 is 1.96 bits per heavy atom. The fourth-order valence-corrected chi connectivity index (χ4v) is 2.06. The van der Waals surface area contributed by atoms with Gasteiger partial charge in [0.15, 0.2) is 0 Å². The minimum Gasteiger partial charge on any atom is -0.480 e. The monoisotopic (exact) mass is 407 g/mol. The summed E-state index contributed by atoms with van der Waals surface area (Å²) in [6.07, 6.45) is -1.83. The van der Waals surface area contributed by atoms with Crippen LogP contribution >= 0.6 is 12.6 Å². The molecule has 0 spiro atoms. The number of aliphatic hydroxyl groups is 1. The molecule has 0 aliphatic carbocycles. The van der Waals surface area contributed by atoms with E-state index in [0.717, 1.165) is 0 Å².